The highest BCUT2D eigenvalue weighted by molar-refractivity contribution is 6.30. The van der Waals surface area contributed by atoms with Crippen LogP contribution < -0.4 is 10.5 Å². The van der Waals surface area contributed by atoms with Crippen molar-refractivity contribution in [2.24, 2.45) is 5.73 Å². The fourth-order valence-corrected chi connectivity index (χ4v) is 1.37. The number of rotatable bonds is 3. The van der Waals surface area contributed by atoms with Crippen LogP contribution in [0.4, 0.5) is 0 Å². The molecule has 1 aromatic rings. The van der Waals surface area contributed by atoms with Crippen LogP contribution in [0.3, 0.4) is 0 Å². The van der Waals surface area contributed by atoms with Crippen molar-refractivity contribution >= 4 is 11.6 Å². The number of aliphatic hydroxyl groups excluding tert-OH is 1. The molecular weight excluding hydrogens is 202 g/mol. The van der Waals surface area contributed by atoms with Gasteiger partial charge >= 0.3 is 0 Å². The fraction of sp³-hybridized carbons (Fsp3) is 0.400. The van der Waals surface area contributed by atoms with E-state index in [1.807, 2.05) is 0 Å². The molecule has 0 aliphatic carbocycles. The van der Waals surface area contributed by atoms with E-state index in [-0.39, 0.29) is 6.04 Å². The van der Waals surface area contributed by atoms with Gasteiger partial charge in [0, 0.05) is 16.6 Å². The highest BCUT2D eigenvalue weighted by Crippen LogP contribution is 2.29. The first-order chi connectivity index (χ1) is 6.56. The largest absolute Gasteiger partial charge is 0.496 e. The summed E-state index contributed by atoms with van der Waals surface area (Å²) in [4.78, 5) is 0. The van der Waals surface area contributed by atoms with E-state index >= 15 is 0 Å². The number of hydrogen-bond acceptors (Lipinski definition) is 3. The maximum absolute atomic E-state index is 9.75. The summed E-state index contributed by atoms with van der Waals surface area (Å²) >= 11 is 5.79. The highest BCUT2D eigenvalue weighted by atomic mass is 35.5. The van der Waals surface area contributed by atoms with Crippen LogP contribution in [0.1, 0.15) is 18.6 Å². The monoisotopic (exact) mass is 215 g/mol. The molecule has 0 saturated carbocycles. The molecule has 0 unspecified atom stereocenters. The van der Waals surface area contributed by atoms with Gasteiger partial charge in [0.05, 0.1) is 13.2 Å². The molecular formula is C10H14ClNO2. The van der Waals surface area contributed by atoms with Crippen LogP contribution in [0, 0.1) is 0 Å². The Bertz CT molecular complexity index is 315. The van der Waals surface area contributed by atoms with Crippen molar-refractivity contribution in [1.82, 2.24) is 0 Å². The lowest BCUT2D eigenvalue weighted by Crippen LogP contribution is -2.24. The van der Waals surface area contributed by atoms with Crippen molar-refractivity contribution in [1.29, 1.82) is 0 Å². The summed E-state index contributed by atoms with van der Waals surface area (Å²) in [5.41, 5.74) is 6.25. The summed E-state index contributed by atoms with van der Waals surface area (Å²) in [5, 5.41) is 10.3. The molecule has 0 aromatic heterocycles. The van der Waals surface area contributed by atoms with E-state index in [4.69, 9.17) is 22.1 Å². The molecule has 14 heavy (non-hydrogen) atoms. The normalized spacial score (nSPS) is 14.9. The molecule has 1 aromatic carbocycles. The standard InChI is InChI=1S/C10H14ClNO2/c1-6(12)10(13)8-4-3-7(11)5-9(8)14-2/h3-6,10,13H,12H2,1-2H3/t6-,10-/m0/s1. The van der Waals surface area contributed by atoms with E-state index in [1.165, 1.54) is 7.11 Å². The lowest BCUT2D eigenvalue weighted by Gasteiger charge is -2.17. The number of nitrogens with two attached hydrogens (primary N) is 1. The second kappa shape index (κ2) is 4.64. The Labute approximate surface area is 88.4 Å². The molecule has 0 fully saturated rings. The van der Waals surface area contributed by atoms with Crippen molar-refractivity contribution in [3.8, 4) is 5.75 Å². The number of benzene rings is 1. The third-order valence-corrected chi connectivity index (χ3v) is 2.25. The first-order valence-electron chi connectivity index (χ1n) is 4.33. The predicted molar refractivity (Wildman–Crippen MR) is 56.6 cm³/mol. The van der Waals surface area contributed by atoms with Gasteiger partial charge < -0.3 is 15.6 Å². The predicted octanol–water partition coefficient (Wildman–Crippen LogP) is 1.73. The molecule has 0 saturated heterocycles. The van der Waals surface area contributed by atoms with E-state index in [0.29, 0.717) is 16.3 Å². The molecule has 2 atom stereocenters. The van der Waals surface area contributed by atoms with Crippen molar-refractivity contribution in [2.75, 3.05) is 7.11 Å². The van der Waals surface area contributed by atoms with E-state index in [0.717, 1.165) is 0 Å². The number of hydrogen-bond donors (Lipinski definition) is 2. The van der Waals surface area contributed by atoms with Gasteiger partial charge in [0.2, 0.25) is 0 Å². The van der Waals surface area contributed by atoms with Crippen molar-refractivity contribution in [3.05, 3.63) is 28.8 Å². The molecule has 0 aliphatic rings. The van der Waals surface area contributed by atoms with Crippen LogP contribution in [-0.2, 0) is 0 Å². The third kappa shape index (κ3) is 2.38. The van der Waals surface area contributed by atoms with Crippen LogP contribution in [0.2, 0.25) is 5.02 Å². The van der Waals surface area contributed by atoms with Gasteiger partial charge in [-0.05, 0) is 19.1 Å². The summed E-state index contributed by atoms with van der Waals surface area (Å²) in [6.45, 7) is 1.73. The topological polar surface area (TPSA) is 55.5 Å². The second-order valence-electron chi connectivity index (χ2n) is 3.19. The molecule has 1 rings (SSSR count). The number of methoxy groups -OCH3 is 1. The molecule has 0 spiro atoms. The summed E-state index contributed by atoms with van der Waals surface area (Å²) in [7, 11) is 1.53. The zero-order valence-electron chi connectivity index (χ0n) is 8.20. The molecule has 78 valence electrons. The van der Waals surface area contributed by atoms with Gasteiger partial charge in [0.15, 0.2) is 0 Å². The fourth-order valence-electron chi connectivity index (χ4n) is 1.21. The molecule has 4 heteroatoms. The Hall–Kier alpha value is -0.770. The lowest BCUT2D eigenvalue weighted by molar-refractivity contribution is 0.149. The third-order valence-electron chi connectivity index (χ3n) is 2.01. The molecule has 0 bridgehead atoms. The van der Waals surface area contributed by atoms with E-state index in [2.05, 4.69) is 0 Å². The summed E-state index contributed by atoms with van der Waals surface area (Å²) < 4.78 is 5.10. The average molecular weight is 216 g/mol. The summed E-state index contributed by atoms with van der Waals surface area (Å²) in [6.07, 6.45) is -0.734. The van der Waals surface area contributed by atoms with Crippen LogP contribution in [0.25, 0.3) is 0 Å². The highest BCUT2D eigenvalue weighted by Gasteiger charge is 2.16. The van der Waals surface area contributed by atoms with Gasteiger partial charge in [-0.3, -0.25) is 0 Å². The van der Waals surface area contributed by atoms with Crippen LogP contribution in [-0.4, -0.2) is 18.3 Å². The van der Waals surface area contributed by atoms with Gasteiger partial charge in [-0.15, -0.1) is 0 Å². The smallest absolute Gasteiger partial charge is 0.126 e. The minimum Gasteiger partial charge on any atom is -0.496 e. The van der Waals surface area contributed by atoms with Crippen molar-refractivity contribution in [2.45, 2.75) is 19.1 Å². The van der Waals surface area contributed by atoms with E-state index in [1.54, 1.807) is 25.1 Å². The minimum absolute atomic E-state index is 0.343. The Kier molecular flexibility index (Phi) is 3.75. The molecule has 0 amide bonds. The quantitative estimate of drug-likeness (QED) is 0.808. The van der Waals surface area contributed by atoms with Gasteiger partial charge in [0.25, 0.3) is 0 Å². The first kappa shape index (κ1) is 11.3. The average Bonchev–Trinajstić information content (AvgIpc) is 2.16. The van der Waals surface area contributed by atoms with Crippen LogP contribution >= 0.6 is 11.6 Å². The summed E-state index contributed by atoms with van der Waals surface area (Å²) in [6, 6.07) is 4.73. The molecule has 3 N–H and O–H groups in total. The number of aliphatic hydroxyl groups is 1. The van der Waals surface area contributed by atoms with Crippen molar-refractivity contribution < 1.29 is 9.84 Å². The number of ether oxygens (including phenoxy) is 1. The number of halogens is 1. The molecule has 0 aliphatic heterocycles. The first-order valence-corrected chi connectivity index (χ1v) is 4.71. The molecule has 3 nitrogen and oxygen atoms in total. The van der Waals surface area contributed by atoms with E-state index in [9.17, 15) is 5.11 Å². The molecule has 0 heterocycles. The summed E-state index contributed by atoms with van der Waals surface area (Å²) in [5.74, 6) is 0.558. The minimum atomic E-state index is -0.734. The SMILES string of the molecule is COc1cc(Cl)ccc1[C@@H](O)[C@H](C)N. The lowest BCUT2D eigenvalue weighted by atomic mass is 10.0. The van der Waals surface area contributed by atoms with Gasteiger partial charge in [0.1, 0.15) is 5.75 Å². The van der Waals surface area contributed by atoms with Crippen LogP contribution in [0.15, 0.2) is 18.2 Å². The maximum atomic E-state index is 9.75. The van der Waals surface area contributed by atoms with Gasteiger partial charge in [-0.25, -0.2) is 0 Å². The Morgan fingerprint density at radius 1 is 1.50 bits per heavy atom. The Morgan fingerprint density at radius 3 is 2.64 bits per heavy atom. The van der Waals surface area contributed by atoms with E-state index < -0.39 is 6.10 Å². The molecule has 0 radical (unpaired) electrons. The van der Waals surface area contributed by atoms with Crippen LogP contribution in [0.5, 0.6) is 5.75 Å². The van der Waals surface area contributed by atoms with Gasteiger partial charge in [-0.2, -0.15) is 0 Å². The van der Waals surface area contributed by atoms with Gasteiger partial charge in [-0.1, -0.05) is 17.7 Å². The Morgan fingerprint density at radius 2 is 2.14 bits per heavy atom. The maximum Gasteiger partial charge on any atom is 0.126 e. The second-order valence-corrected chi connectivity index (χ2v) is 3.63. The zero-order valence-corrected chi connectivity index (χ0v) is 8.95. The van der Waals surface area contributed by atoms with Crippen molar-refractivity contribution in [3.63, 3.8) is 0 Å². The Balaban J connectivity index is 3.07. The zero-order chi connectivity index (χ0) is 10.7.